The summed E-state index contributed by atoms with van der Waals surface area (Å²) >= 11 is 0. The minimum Gasteiger partial charge on any atom is -0.460 e. The number of likely N-dealkylation sites (tertiary alicyclic amines) is 1. The Morgan fingerprint density at radius 3 is 2.28 bits per heavy atom. The topological polar surface area (TPSA) is 67.9 Å². The normalized spacial score (nSPS) is 17.5. The molecule has 1 heterocycles. The molecule has 1 N–H and O–H groups in total. The van der Waals surface area contributed by atoms with Crippen LogP contribution in [0.1, 0.15) is 44.7 Å². The molecule has 172 valence electrons. The highest BCUT2D eigenvalue weighted by molar-refractivity contribution is 5.76. The molecule has 6 nitrogen and oxygen atoms in total. The molecule has 0 unspecified atom stereocenters. The lowest BCUT2D eigenvalue weighted by molar-refractivity contribution is -0.150. The Bertz CT molecular complexity index is 864. The van der Waals surface area contributed by atoms with Crippen molar-refractivity contribution >= 4 is 12.1 Å². The van der Waals surface area contributed by atoms with Gasteiger partial charge in [0.15, 0.2) is 0 Å². The van der Waals surface area contributed by atoms with E-state index in [0.29, 0.717) is 13.0 Å². The van der Waals surface area contributed by atoms with Gasteiger partial charge in [0, 0.05) is 12.6 Å². The highest BCUT2D eigenvalue weighted by Crippen LogP contribution is 2.20. The van der Waals surface area contributed by atoms with E-state index >= 15 is 0 Å². The van der Waals surface area contributed by atoms with Crippen molar-refractivity contribution in [1.82, 2.24) is 10.2 Å². The van der Waals surface area contributed by atoms with E-state index in [9.17, 15) is 9.59 Å². The van der Waals surface area contributed by atoms with Gasteiger partial charge in [0.2, 0.25) is 0 Å². The van der Waals surface area contributed by atoms with Gasteiger partial charge < -0.3 is 14.8 Å². The van der Waals surface area contributed by atoms with Crippen molar-refractivity contribution in [2.75, 3.05) is 13.1 Å². The number of esters is 1. The van der Waals surface area contributed by atoms with Crippen LogP contribution in [0.5, 0.6) is 0 Å². The average Bonchev–Trinajstić information content (AvgIpc) is 3.20. The number of hydrogen-bond acceptors (Lipinski definition) is 5. The van der Waals surface area contributed by atoms with Crippen molar-refractivity contribution in [2.24, 2.45) is 0 Å². The Balaban J connectivity index is 1.63. The van der Waals surface area contributed by atoms with Crippen LogP contribution in [0.25, 0.3) is 0 Å². The third-order valence-electron chi connectivity index (χ3n) is 5.36. The Labute approximate surface area is 190 Å². The third kappa shape index (κ3) is 7.68. The summed E-state index contributed by atoms with van der Waals surface area (Å²) in [5.74, 6) is -0.206. The summed E-state index contributed by atoms with van der Waals surface area (Å²) in [5, 5.41) is 3.01. The van der Waals surface area contributed by atoms with Crippen LogP contribution in [0.3, 0.4) is 0 Å². The van der Waals surface area contributed by atoms with Gasteiger partial charge in [-0.25, -0.2) is 4.79 Å². The van der Waals surface area contributed by atoms with Crippen LogP contribution < -0.4 is 5.32 Å². The van der Waals surface area contributed by atoms with Gasteiger partial charge in [-0.15, -0.1) is 0 Å². The second-order valence-corrected chi connectivity index (χ2v) is 9.28. The van der Waals surface area contributed by atoms with Crippen LogP contribution in [0.2, 0.25) is 0 Å². The number of benzene rings is 2. The summed E-state index contributed by atoms with van der Waals surface area (Å²) in [4.78, 5) is 27.4. The predicted octanol–water partition coefficient (Wildman–Crippen LogP) is 4.33. The summed E-state index contributed by atoms with van der Waals surface area (Å²) < 4.78 is 11.1. The first-order valence-corrected chi connectivity index (χ1v) is 11.3. The molecule has 2 aromatic rings. The van der Waals surface area contributed by atoms with E-state index in [1.807, 2.05) is 81.4 Å². The van der Waals surface area contributed by atoms with Crippen molar-refractivity contribution in [2.45, 2.75) is 64.3 Å². The van der Waals surface area contributed by atoms with E-state index in [0.717, 1.165) is 30.5 Å². The predicted molar refractivity (Wildman–Crippen MR) is 124 cm³/mol. The van der Waals surface area contributed by atoms with E-state index in [1.165, 1.54) is 0 Å². The highest BCUT2D eigenvalue weighted by Gasteiger charge is 2.34. The first-order chi connectivity index (χ1) is 15.3. The van der Waals surface area contributed by atoms with Crippen molar-refractivity contribution < 1.29 is 19.1 Å². The zero-order valence-corrected chi connectivity index (χ0v) is 19.3. The summed E-state index contributed by atoms with van der Waals surface area (Å²) in [6.45, 7) is 7.16. The van der Waals surface area contributed by atoms with Crippen LogP contribution in [0.4, 0.5) is 4.79 Å². The number of hydrogen-bond donors (Lipinski definition) is 1. The molecular weight excluding hydrogens is 404 g/mol. The number of carbonyl (C=O) groups is 2. The van der Waals surface area contributed by atoms with Crippen LogP contribution in [0, 0.1) is 0 Å². The Kier molecular flexibility index (Phi) is 8.28. The standard InChI is InChI=1S/C26H34N2O4/c1-26(2,3)32-25(30)27-22(17-20-11-6-4-7-12-20)18-28-16-10-15-23(28)24(29)31-19-21-13-8-5-9-14-21/h4-9,11-14,22-23H,10,15-19H2,1-3H3,(H,27,30)/t22-,23+/m1/s1. The van der Waals surface area contributed by atoms with E-state index in [1.54, 1.807) is 0 Å². The van der Waals surface area contributed by atoms with Gasteiger partial charge in [-0.3, -0.25) is 9.69 Å². The summed E-state index contributed by atoms with van der Waals surface area (Å²) in [6, 6.07) is 19.2. The lowest BCUT2D eigenvalue weighted by Gasteiger charge is -2.29. The highest BCUT2D eigenvalue weighted by atomic mass is 16.6. The van der Waals surface area contributed by atoms with Gasteiger partial charge in [0.05, 0.1) is 0 Å². The molecule has 1 aliphatic rings. The van der Waals surface area contributed by atoms with E-state index in [2.05, 4.69) is 10.2 Å². The molecule has 3 rings (SSSR count). The number of rotatable bonds is 8. The maximum absolute atomic E-state index is 12.8. The summed E-state index contributed by atoms with van der Waals surface area (Å²) in [6.07, 6.45) is 1.90. The number of nitrogens with one attached hydrogen (secondary N) is 1. The maximum Gasteiger partial charge on any atom is 0.407 e. The van der Waals surface area contributed by atoms with Crippen LogP contribution in [-0.2, 0) is 27.3 Å². The molecule has 1 saturated heterocycles. The van der Waals surface area contributed by atoms with Crippen LogP contribution in [0.15, 0.2) is 60.7 Å². The van der Waals surface area contributed by atoms with E-state index < -0.39 is 11.7 Å². The minimum absolute atomic E-state index is 0.185. The Morgan fingerprint density at radius 1 is 1.03 bits per heavy atom. The zero-order chi connectivity index (χ0) is 23.0. The van der Waals surface area contributed by atoms with E-state index in [-0.39, 0.29) is 24.7 Å². The van der Waals surface area contributed by atoms with Gasteiger partial charge in [-0.2, -0.15) is 0 Å². The first kappa shape index (κ1) is 23.8. The maximum atomic E-state index is 12.8. The molecule has 0 bridgehead atoms. The number of alkyl carbamates (subject to hydrolysis) is 1. The lowest BCUT2D eigenvalue weighted by atomic mass is 10.1. The van der Waals surface area contributed by atoms with Crippen molar-refractivity contribution in [3.05, 3.63) is 71.8 Å². The van der Waals surface area contributed by atoms with Crippen molar-refractivity contribution in [3.63, 3.8) is 0 Å². The largest absolute Gasteiger partial charge is 0.460 e. The lowest BCUT2D eigenvalue weighted by Crippen LogP contribution is -2.49. The first-order valence-electron chi connectivity index (χ1n) is 11.3. The zero-order valence-electron chi connectivity index (χ0n) is 19.3. The molecule has 2 atom stereocenters. The van der Waals surface area contributed by atoms with Crippen molar-refractivity contribution in [1.29, 1.82) is 0 Å². The fraction of sp³-hybridized carbons (Fsp3) is 0.462. The monoisotopic (exact) mass is 438 g/mol. The minimum atomic E-state index is -0.571. The molecule has 1 aliphatic heterocycles. The van der Waals surface area contributed by atoms with Gasteiger partial charge in [-0.1, -0.05) is 60.7 Å². The van der Waals surface area contributed by atoms with Gasteiger partial charge in [0.25, 0.3) is 0 Å². The SMILES string of the molecule is CC(C)(C)OC(=O)N[C@H](Cc1ccccc1)CN1CCC[C@H]1C(=O)OCc1ccccc1. The second-order valence-electron chi connectivity index (χ2n) is 9.28. The molecule has 0 radical (unpaired) electrons. The molecule has 2 aromatic carbocycles. The Morgan fingerprint density at radius 2 is 1.66 bits per heavy atom. The number of nitrogens with zero attached hydrogens (tertiary/aromatic N) is 1. The average molecular weight is 439 g/mol. The second kappa shape index (κ2) is 11.1. The number of amides is 1. The number of ether oxygens (including phenoxy) is 2. The smallest absolute Gasteiger partial charge is 0.407 e. The molecule has 1 amide bonds. The fourth-order valence-corrected chi connectivity index (χ4v) is 3.95. The third-order valence-corrected chi connectivity index (χ3v) is 5.36. The molecule has 6 heteroatoms. The van der Waals surface area contributed by atoms with Crippen molar-refractivity contribution in [3.8, 4) is 0 Å². The molecule has 1 fully saturated rings. The number of carbonyl (C=O) groups excluding carboxylic acids is 2. The van der Waals surface area contributed by atoms with Gasteiger partial charge in [-0.05, 0) is 57.7 Å². The summed E-state index contributed by atoms with van der Waals surface area (Å²) in [7, 11) is 0. The molecule has 0 saturated carbocycles. The van der Waals surface area contributed by atoms with Gasteiger partial charge >= 0.3 is 12.1 Å². The molecule has 0 aliphatic carbocycles. The van der Waals surface area contributed by atoms with Crippen LogP contribution in [-0.4, -0.2) is 47.7 Å². The van der Waals surface area contributed by atoms with Gasteiger partial charge in [0.1, 0.15) is 18.2 Å². The van der Waals surface area contributed by atoms with E-state index in [4.69, 9.17) is 9.47 Å². The molecule has 0 aromatic heterocycles. The fourth-order valence-electron chi connectivity index (χ4n) is 3.95. The van der Waals surface area contributed by atoms with Crippen LogP contribution >= 0.6 is 0 Å². The summed E-state index contributed by atoms with van der Waals surface area (Å²) in [5.41, 5.74) is 1.52. The molecular formula is C26H34N2O4. The quantitative estimate of drug-likeness (QED) is 0.622. The molecule has 0 spiro atoms. The Hall–Kier alpha value is -2.86. The molecule has 32 heavy (non-hydrogen) atoms.